The first kappa shape index (κ1) is 14.2. The number of nitrogen functional groups attached to an aromatic ring is 1. The smallest absolute Gasteiger partial charge is 0.260 e. The van der Waals surface area contributed by atoms with Crippen molar-refractivity contribution in [3.8, 4) is 11.5 Å². The molecule has 1 aromatic carbocycles. The van der Waals surface area contributed by atoms with E-state index in [0.29, 0.717) is 22.5 Å². The second-order valence-corrected chi connectivity index (χ2v) is 7.09. The zero-order valence-electron chi connectivity index (χ0n) is 11.8. The van der Waals surface area contributed by atoms with Gasteiger partial charge < -0.3 is 10.3 Å². The zero-order chi connectivity index (χ0) is 14.8. The number of aromatic nitrogens is 2. The molecular weight excluding hydrogens is 302 g/mol. The van der Waals surface area contributed by atoms with Crippen LogP contribution in [0.2, 0.25) is 0 Å². The molecule has 0 aliphatic rings. The van der Waals surface area contributed by atoms with E-state index in [1.54, 1.807) is 11.8 Å². The van der Waals surface area contributed by atoms with Gasteiger partial charge in [-0.3, -0.25) is 0 Å². The van der Waals surface area contributed by atoms with Crippen molar-refractivity contribution in [3.05, 3.63) is 46.6 Å². The van der Waals surface area contributed by atoms with E-state index in [1.807, 2.05) is 13.0 Å². The van der Waals surface area contributed by atoms with Crippen molar-refractivity contribution in [1.29, 1.82) is 0 Å². The maximum absolute atomic E-state index is 5.95. The fourth-order valence-corrected chi connectivity index (χ4v) is 3.43. The Morgan fingerprint density at radius 1 is 1.24 bits per heavy atom. The first-order valence-corrected chi connectivity index (χ1v) is 8.30. The first-order chi connectivity index (χ1) is 10.1. The molecule has 0 fully saturated rings. The van der Waals surface area contributed by atoms with Crippen molar-refractivity contribution in [2.45, 2.75) is 24.5 Å². The Balaban J connectivity index is 1.70. The fraction of sp³-hybridized carbons (Fsp3) is 0.200. The molecule has 3 rings (SSSR count). The molecule has 2 N–H and O–H groups in total. The molecule has 21 heavy (non-hydrogen) atoms. The zero-order valence-corrected chi connectivity index (χ0v) is 13.4. The Morgan fingerprint density at radius 2 is 2.00 bits per heavy atom. The molecule has 2 aromatic heterocycles. The van der Waals surface area contributed by atoms with Crippen LogP contribution in [0.1, 0.15) is 16.3 Å². The molecule has 0 amide bonds. The van der Waals surface area contributed by atoms with Crippen LogP contribution in [0, 0.1) is 13.8 Å². The van der Waals surface area contributed by atoms with Gasteiger partial charge in [0.15, 0.2) is 5.82 Å². The third kappa shape index (κ3) is 3.28. The number of thiophene rings is 1. The second kappa shape index (κ2) is 5.91. The van der Waals surface area contributed by atoms with Crippen LogP contribution in [-0.2, 0) is 5.75 Å². The first-order valence-electron chi connectivity index (χ1n) is 6.50. The van der Waals surface area contributed by atoms with E-state index in [-0.39, 0.29) is 0 Å². The highest BCUT2D eigenvalue weighted by molar-refractivity contribution is 7.98. The van der Waals surface area contributed by atoms with Crippen LogP contribution in [0.15, 0.2) is 39.8 Å². The minimum Gasteiger partial charge on any atom is -0.390 e. The van der Waals surface area contributed by atoms with Gasteiger partial charge in [-0.15, -0.1) is 23.1 Å². The Labute approximate surface area is 131 Å². The molecule has 6 heteroatoms. The number of anilines is 1. The standard InChI is InChI=1S/C15H15N3OS2/c1-9-3-5-11(6-4-9)20-8-13-17-15(19-18-13)12-7-10(2)21-14(12)16/h3-7H,8,16H2,1-2H3. The van der Waals surface area contributed by atoms with Gasteiger partial charge >= 0.3 is 0 Å². The third-order valence-electron chi connectivity index (χ3n) is 2.97. The largest absolute Gasteiger partial charge is 0.390 e. The number of nitrogens with two attached hydrogens (primary N) is 1. The van der Waals surface area contributed by atoms with Crippen molar-refractivity contribution >= 4 is 28.1 Å². The summed E-state index contributed by atoms with van der Waals surface area (Å²) in [7, 11) is 0. The van der Waals surface area contributed by atoms with Gasteiger partial charge in [-0.2, -0.15) is 4.98 Å². The van der Waals surface area contributed by atoms with E-state index in [1.165, 1.54) is 21.8 Å². The van der Waals surface area contributed by atoms with Gasteiger partial charge in [0, 0.05) is 9.77 Å². The molecule has 3 aromatic rings. The molecule has 0 saturated heterocycles. The summed E-state index contributed by atoms with van der Waals surface area (Å²) < 4.78 is 5.30. The van der Waals surface area contributed by atoms with Crippen molar-refractivity contribution in [2.75, 3.05) is 5.73 Å². The van der Waals surface area contributed by atoms with E-state index >= 15 is 0 Å². The number of hydrogen-bond acceptors (Lipinski definition) is 6. The summed E-state index contributed by atoms with van der Waals surface area (Å²) in [4.78, 5) is 6.74. The summed E-state index contributed by atoms with van der Waals surface area (Å²) >= 11 is 3.22. The predicted molar refractivity (Wildman–Crippen MR) is 87.5 cm³/mol. The molecule has 0 bridgehead atoms. The minimum atomic E-state index is 0.497. The summed E-state index contributed by atoms with van der Waals surface area (Å²) in [5.74, 6) is 1.85. The third-order valence-corrected chi connectivity index (χ3v) is 4.86. The maximum Gasteiger partial charge on any atom is 0.260 e. The van der Waals surface area contributed by atoms with E-state index in [0.717, 1.165) is 10.4 Å². The van der Waals surface area contributed by atoms with Crippen LogP contribution in [0.5, 0.6) is 0 Å². The van der Waals surface area contributed by atoms with Crippen LogP contribution in [0.25, 0.3) is 11.5 Å². The Kier molecular flexibility index (Phi) is 3.98. The lowest BCUT2D eigenvalue weighted by Gasteiger charge is -1.98. The van der Waals surface area contributed by atoms with E-state index in [4.69, 9.17) is 10.3 Å². The molecule has 0 atom stereocenters. The van der Waals surface area contributed by atoms with Crippen molar-refractivity contribution in [3.63, 3.8) is 0 Å². The van der Waals surface area contributed by atoms with Crippen LogP contribution >= 0.6 is 23.1 Å². The summed E-state index contributed by atoms with van der Waals surface area (Å²) in [6.45, 7) is 4.09. The van der Waals surface area contributed by atoms with Crippen LogP contribution in [-0.4, -0.2) is 10.1 Å². The SMILES string of the molecule is Cc1ccc(SCc2noc(-c3cc(C)sc3N)n2)cc1. The molecule has 0 spiro atoms. The average molecular weight is 317 g/mol. The minimum absolute atomic E-state index is 0.497. The van der Waals surface area contributed by atoms with Gasteiger partial charge in [0.1, 0.15) is 0 Å². The lowest BCUT2D eigenvalue weighted by Crippen LogP contribution is -1.86. The van der Waals surface area contributed by atoms with Crippen molar-refractivity contribution in [1.82, 2.24) is 10.1 Å². The highest BCUT2D eigenvalue weighted by Crippen LogP contribution is 2.33. The number of nitrogens with zero attached hydrogens (tertiary/aromatic N) is 2. The van der Waals surface area contributed by atoms with Crippen molar-refractivity contribution < 1.29 is 4.52 Å². The maximum atomic E-state index is 5.95. The van der Waals surface area contributed by atoms with Crippen LogP contribution in [0.3, 0.4) is 0 Å². The monoisotopic (exact) mass is 317 g/mol. The normalized spacial score (nSPS) is 11.0. The molecule has 4 nitrogen and oxygen atoms in total. The Hall–Kier alpha value is -1.79. The van der Waals surface area contributed by atoms with Gasteiger partial charge in [-0.05, 0) is 32.0 Å². The lowest BCUT2D eigenvalue weighted by molar-refractivity contribution is 0.425. The summed E-state index contributed by atoms with van der Waals surface area (Å²) in [6, 6.07) is 10.4. The molecule has 2 heterocycles. The van der Waals surface area contributed by atoms with Crippen LogP contribution < -0.4 is 5.73 Å². The van der Waals surface area contributed by atoms with Crippen molar-refractivity contribution in [2.24, 2.45) is 0 Å². The Morgan fingerprint density at radius 3 is 2.67 bits per heavy atom. The van der Waals surface area contributed by atoms with Gasteiger partial charge in [0.2, 0.25) is 0 Å². The quantitative estimate of drug-likeness (QED) is 0.727. The molecule has 0 saturated carbocycles. The van der Waals surface area contributed by atoms with Gasteiger partial charge in [0.05, 0.1) is 16.3 Å². The topological polar surface area (TPSA) is 64.9 Å². The number of rotatable bonds is 4. The summed E-state index contributed by atoms with van der Waals surface area (Å²) in [6.07, 6.45) is 0. The van der Waals surface area contributed by atoms with Gasteiger partial charge in [-0.1, -0.05) is 22.9 Å². The fourth-order valence-electron chi connectivity index (χ4n) is 1.90. The summed E-state index contributed by atoms with van der Waals surface area (Å²) in [5.41, 5.74) is 8.03. The van der Waals surface area contributed by atoms with Gasteiger partial charge in [-0.25, -0.2) is 0 Å². The molecule has 0 aliphatic heterocycles. The average Bonchev–Trinajstić information content (AvgIpc) is 3.04. The van der Waals surface area contributed by atoms with Crippen LogP contribution in [0.4, 0.5) is 5.00 Å². The molecular formula is C15H15N3OS2. The molecule has 0 unspecified atom stereocenters. The van der Waals surface area contributed by atoms with E-state index in [9.17, 15) is 0 Å². The van der Waals surface area contributed by atoms with E-state index < -0.39 is 0 Å². The Bertz CT molecular complexity index is 747. The highest BCUT2D eigenvalue weighted by Gasteiger charge is 2.14. The lowest BCUT2D eigenvalue weighted by atomic mass is 10.2. The predicted octanol–water partition coefficient (Wildman–Crippen LogP) is 4.29. The van der Waals surface area contributed by atoms with Gasteiger partial charge in [0.25, 0.3) is 5.89 Å². The number of benzene rings is 1. The molecule has 0 aliphatic carbocycles. The number of thioether (sulfide) groups is 1. The second-order valence-electron chi connectivity index (χ2n) is 4.75. The molecule has 0 radical (unpaired) electrons. The number of hydrogen-bond donors (Lipinski definition) is 1. The molecule has 108 valence electrons. The highest BCUT2D eigenvalue weighted by atomic mass is 32.2. The number of aryl methyl sites for hydroxylation is 2. The van der Waals surface area contributed by atoms with E-state index in [2.05, 4.69) is 41.3 Å². The summed E-state index contributed by atoms with van der Waals surface area (Å²) in [5, 5.41) is 4.73.